The fourth-order valence-corrected chi connectivity index (χ4v) is 5.31. The highest BCUT2D eigenvalue weighted by Crippen LogP contribution is 2.36. The number of halogens is 2. The SMILES string of the molecule is COc1nc(N2CCN(C(=O)/C(F)=C/c3nccs3)CC2)c2cnc(-c3c[nH]c4cccc(C#N)c34)c(F)c2n1. The van der Waals surface area contributed by atoms with Gasteiger partial charge in [0.25, 0.3) is 5.91 Å². The summed E-state index contributed by atoms with van der Waals surface area (Å²) in [5.74, 6) is -1.89. The maximum Gasteiger partial charge on any atom is 0.318 e. The molecule has 5 aromatic rings. The minimum absolute atomic E-state index is 0.00608. The molecule has 1 saturated heterocycles. The van der Waals surface area contributed by atoms with E-state index in [-0.39, 0.29) is 30.3 Å². The van der Waals surface area contributed by atoms with Crippen LogP contribution < -0.4 is 9.64 Å². The van der Waals surface area contributed by atoms with Crippen LogP contribution in [0.2, 0.25) is 0 Å². The lowest BCUT2D eigenvalue weighted by atomic mass is 10.0. The minimum atomic E-state index is -0.881. The number of amides is 1. The zero-order chi connectivity index (χ0) is 27.8. The molecule has 0 saturated carbocycles. The molecular weight excluding hydrogens is 538 g/mol. The zero-order valence-electron chi connectivity index (χ0n) is 21.1. The van der Waals surface area contributed by atoms with E-state index in [9.17, 15) is 14.4 Å². The number of nitrogens with one attached hydrogen (secondary N) is 1. The predicted octanol–water partition coefficient (Wildman–Crippen LogP) is 4.31. The normalized spacial score (nSPS) is 14.1. The molecule has 6 rings (SSSR count). The molecule has 13 heteroatoms. The number of aromatic nitrogens is 5. The zero-order valence-corrected chi connectivity index (χ0v) is 21.9. The summed E-state index contributed by atoms with van der Waals surface area (Å²) in [6.07, 6.45) is 5.77. The van der Waals surface area contributed by atoms with Gasteiger partial charge in [-0.3, -0.25) is 9.78 Å². The van der Waals surface area contributed by atoms with Gasteiger partial charge in [0.05, 0.1) is 24.1 Å². The van der Waals surface area contributed by atoms with Crippen LogP contribution in [0, 0.1) is 17.1 Å². The van der Waals surface area contributed by atoms with Crippen LogP contribution in [0.5, 0.6) is 6.01 Å². The van der Waals surface area contributed by atoms with E-state index in [1.807, 2.05) is 4.90 Å². The quantitative estimate of drug-likeness (QED) is 0.317. The lowest BCUT2D eigenvalue weighted by molar-refractivity contribution is -0.128. The molecular formula is C27H20F2N8O2S. The van der Waals surface area contributed by atoms with Crippen LogP contribution in [-0.4, -0.2) is 69.0 Å². The summed E-state index contributed by atoms with van der Waals surface area (Å²) in [4.78, 5) is 36.1. The molecule has 1 aliphatic rings. The lowest BCUT2D eigenvalue weighted by Crippen LogP contribution is -2.49. The Morgan fingerprint density at radius 2 is 2.05 bits per heavy atom. The molecule has 4 aromatic heterocycles. The molecule has 5 heterocycles. The highest BCUT2D eigenvalue weighted by Gasteiger charge is 2.28. The van der Waals surface area contributed by atoms with Gasteiger partial charge >= 0.3 is 6.01 Å². The van der Waals surface area contributed by atoms with Crippen LogP contribution in [0.4, 0.5) is 14.6 Å². The fourth-order valence-electron chi connectivity index (χ4n) is 4.75. The molecule has 0 spiro atoms. The summed E-state index contributed by atoms with van der Waals surface area (Å²) in [5, 5.41) is 12.6. The number of carbonyl (C=O) groups is 1. The average molecular weight is 559 g/mol. The first-order chi connectivity index (χ1) is 19.5. The molecule has 0 atom stereocenters. The van der Waals surface area contributed by atoms with Crippen molar-refractivity contribution in [1.82, 2.24) is 29.8 Å². The van der Waals surface area contributed by atoms with Gasteiger partial charge in [-0.25, -0.2) is 13.8 Å². The number of H-pyrrole nitrogens is 1. The molecule has 200 valence electrons. The first kappa shape index (κ1) is 25.3. The van der Waals surface area contributed by atoms with Gasteiger partial charge in [-0.1, -0.05) is 6.07 Å². The first-order valence-corrected chi connectivity index (χ1v) is 13.1. The Morgan fingerprint density at radius 3 is 2.77 bits per heavy atom. The Labute approximate surface area is 230 Å². The van der Waals surface area contributed by atoms with Gasteiger partial charge in [0.2, 0.25) is 0 Å². The van der Waals surface area contributed by atoms with Crippen LogP contribution in [-0.2, 0) is 4.79 Å². The van der Waals surface area contributed by atoms with Gasteiger partial charge in [0.1, 0.15) is 22.0 Å². The van der Waals surface area contributed by atoms with E-state index in [1.165, 1.54) is 35.7 Å². The van der Waals surface area contributed by atoms with Gasteiger partial charge in [-0.15, -0.1) is 11.3 Å². The van der Waals surface area contributed by atoms with Gasteiger partial charge in [-0.05, 0) is 12.1 Å². The van der Waals surface area contributed by atoms with Crippen molar-refractivity contribution in [3.8, 4) is 23.3 Å². The molecule has 10 nitrogen and oxygen atoms in total. The van der Waals surface area contributed by atoms with Gasteiger partial charge < -0.3 is 19.5 Å². The van der Waals surface area contributed by atoms with E-state index in [0.717, 1.165) is 6.08 Å². The standard InChI is InChI=1S/C27H20F2N8O2S/c1-39-27-34-24-17(14-33-23(22(24)29)16-13-32-19-4-2-3-15(12-30)21(16)19)25(35-27)36-6-8-37(9-7-36)26(38)18(28)11-20-31-5-10-40-20/h2-5,10-11,13-14,32H,6-9H2,1H3/b18-11-. The highest BCUT2D eigenvalue weighted by molar-refractivity contribution is 7.10. The summed E-state index contributed by atoms with van der Waals surface area (Å²) in [6, 6.07) is 7.31. The second-order valence-electron chi connectivity index (χ2n) is 8.90. The van der Waals surface area contributed by atoms with Crippen molar-refractivity contribution in [1.29, 1.82) is 5.26 Å². The maximum absolute atomic E-state index is 16.0. The molecule has 1 aromatic carbocycles. The molecule has 0 aliphatic carbocycles. The van der Waals surface area contributed by atoms with E-state index in [1.54, 1.807) is 29.8 Å². The predicted molar refractivity (Wildman–Crippen MR) is 146 cm³/mol. The topological polar surface area (TPSA) is 124 Å². The fraction of sp³-hybridized carbons (Fsp3) is 0.185. The number of aromatic amines is 1. The second kappa shape index (κ2) is 10.3. The number of hydrogen-bond acceptors (Lipinski definition) is 9. The van der Waals surface area contributed by atoms with Crippen LogP contribution >= 0.6 is 11.3 Å². The molecule has 1 amide bonds. The number of thiazole rings is 1. The van der Waals surface area contributed by atoms with Crippen molar-refractivity contribution in [2.75, 3.05) is 38.2 Å². The van der Waals surface area contributed by atoms with Crippen molar-refractivity contribution >= 4 is 50.9 Å². The van der Waals surface area contributed by atoms with Crippen molar-refractivity contribution < 1.29 is 18.3 Å². The lowest BCUT2D eigenvalue weighted by Gasteiger charge is -2.35. The van der Waals surface area contributed by atoms with Crippen LogP contribution in [0.15, 0.2) is 48.0 Å². The molecule has 1 fully saturated rings. The van der Waals surface area contributed by atoms with Crippen LogP contribution in [0.25, 0.3) is 39.1 Å². The maximum atomic E-state index is 16.0. The number of anilines is 1. The molecule has 1 aliphatic heterocycles. The summed E-state index contributed by atoms with van der Waals surface area (Å²) in [5.41, 5.74) is 1.55. The third-order valence-corrected chi connectivity index (χ3v) is 7.40. The Hall–Kier alpha value is -4.96. The third-order valence-electron chi connectivity index (χ3n) is 6.68. The smallest absolute Gasteiger partial charge is 0.318 e. The van der Waals surface area contributed by atoms with Gasteiger partial charge in [0.15, 0.2) is 11.6 Å². The van der Waals surface area contributed by atoms with Gasteiger partial charge in [0, 0.05) is 72.7 Å². The molecule has 1 N–H and O–H groups in total. The third kappa shape index (κ3) is 4.38. The number of carbonyl (C=O) groups excluding carboxylic acids is 1. The minimum Gasteiger partial charge on any atom is -0.467 e. The van der Waals surface area contributed by atoms with Crippen molar-refractivity contribution in [2.45, 2.75) is 0 Å². The number of fused-ring (bicyclic) bond motifs is 2. The number of methoxy groups -OCH3 is 1. The number of benzene rings is 1. The Balaban J connectivity index is 1.33. The summed E-state index contributed by atoms with van der Waals surface area (Å²) < 4.78 is 35.8. The molecule has 0 radical (unpaired) electrons. The number of piperazine rings is 1. The van der Waals surface area contributed by atoms with Crippen LogP contribution in [0.3, 0.4) is 0 Å². The van der Waals surface area contributed by atoms with Crippen molar-refractivity contribution in [2.24, 2.45) is 0 Å². The largest absolute Gasteiger partial charge is 0.467 e. The van der Waals surface area contributed by atoms with E-state index in [0.29, 0.717) is 51.3 Å². The number of pyridine rings is 1. The molecule has 0 bridgehead atoms. The average Bonchev–Trinajstić information content (AvgIpc) is 3.67. The Bertz CT molecular complexity index is 1820. The van der Waals surface area contributed by atoms with Gasteiger partial charge in [-0.2, -0.15) is 15.2 Å². The summed E-state index contributed by atoms with van der Waals surface area (Å²) in [6.45, 7) is 1.10. The van der Waals surface area contributed by atoms with Crippen LogP contribution in [0.1, 0.15) is 10.6 Å². The summed E-state index contributed by atoms with van der Waals surface area (Å²) >= 11 is 1.24. The Morgan fingerprint density at radius 1 is 1.23 bits per heavy atom. The van der Waals surface area contributed by atoms with Crippen molar-refractivity contribution in [3.63, 3.8) is 0 Å². The number of nitriles is 1. The first-order valence-electron chi connectivity index (χ1n) is 12.2. The van der Waals surface area contributed by atoms with E-state index >= 15 is 4.39 Å². The monoisotopic (exact) mass is 558 g/mol. The van der Waals surface area contributed by atoms with E-state index in [4.69, 9.17) is 4.74 Å². The number of rotatable bonds is 5. The number of hydrogen-bond donors (Lipinski definition) is 1. The second-order valence-corrected chi connectivity index (χ2v) is 9.83. The highest BCUT2D eigenvalue weighted by atomic mass is 32.1. The molecule has 0 unspecified atom stereocenters. The molecule has 40 heavy (non-hydrogen) atoms. The number of nitrogens with zero attached hydrogens (tertiary/aromatic N) is 7. The Kier molecular flexibility index (Phi) is 6.53. The van der Waals surface area contributed by atoms with E-state index in [2.05, 4.69) is 31.0 Å². The number of ether oxygens (including phenoxy) is 1. The summed E-state index contributed by atoms with van der Waals surface area (Å²) in [7, 11) is 1.39. The van der Waals surface area contributed by atoms with E-state index < -0.39 is 17.6 Å². The van der Waals surface area contributed by atoms with Crippen molar-refractivity contribution in [3.05, 3.63) is 64.4 Å².